The minimum atomic E-state index is -0.233. The van der Waals surface area contributed by atoms with Crippen LogP contribution in [0.5, 0.6) is 0 Å². The number of aromatic nitrogens is 1. The molecule has 0 spiro atoms. The second-order valence-electron chi connectivity index (χ2n) is 5.41. The molecule has 0 unspecified atom stereocenters. The quantitative estimate of drug-likeness (QED) is 0.818. The van der Waals surface area contributed by atoms with Crippen molar-refractivity contribution < 1.29 is 9.18 Å². The fourth-order valence-electron chi connectivity index (χ4n) is 2.58. The fraction of sp³-hybridized carbons (Fsp3) is 0.222. The number of benzene rings is 1. The first-order chi connectivity index (χ1) is 11.2. The summed E-state index contributed by atoms with van der Waals surface area (Å²) in [6, 6.07) is 10.2. The molecule has 1 aliphatic heterocycles. The molecule has 23 heavy (non-hydrogen) atoms. The summed E-state index contributed by atoms with van der Waals surface area (Å²) in [7, 11) is 0. The van der Waals surface area contributed by atoms with Gasteiger partial charge in [0, 0.05) is 50.3 Å². The standard InChI is InChI=1S/C18H18FN3O/c19-16-4-6-17(7-5-16)21-10-12-22(13-11-21)18(23)8-3-15-2-1-9-20-14-15/h1-9,14H,10-13H2/b8-3+. The molecular formula is C18H18FN3O. The van der Waals surface area contributed by atoms with Crippen LogP contribution in [0.2, 0.25) is 0 Å². The molecule has 0 bridgehead atoms. The topological polar surface area (TPSA) is 36.4 Å². The second kappa shape index (κ2) is 7.05. The van der Waals surface area contributed by atoms with E-state index in [1.807, 2.05) is 17.0 Å². The highest BCUT2D eigenvalue weighted by Gasteiger charge is 2.19. The van der Waals surface area contributed by atoms with Gasteiger partial charge in [-0.05, 0) is 42.0 Å². The van der Waals surface area contributed by atoms with Gasteiger partial charge in [0.05, 0.1) is 0 Å². The first-order valence-corrected chi connectivity index (χ1v) is 7.60. The molecule has 0 saturated carbocycles. The van der Waals surface area contributed by atoms with Crippen LogP contribution in [-0.2, 0) is 4.79 Å². The van der Waals surface area contributed by atoms with E-state index in [0.29, 0.717) is 13.1 Å². The number of piperazine rings is 1. The maximum absolute atomic E-state index is 13.0. The minimum absolute atomic E-state index is 0.00705. The summed E-state index contributed by atoms with van der Waals surface area (Å²) < 4.78 is 13.0. The summed E-state index contributed by atoms with van der Waals surface area (Å²) in [6.45, 7) is 2.82. The number of pyridine rings is 1. The Morgan fingerprint density at radius 1 is 1.09 bits per heavy atom. The summed E-state index contributed by atoms with van der Waals surface area (Å²) in [5.41, 5.74) is 1.90. The summed E-state index contributed by atoms with van der Waals surface area (Å²) in [5.74, 6) is -0.226. The normalized spacial score (nSPS) is 15.2. The molecule has 2 aromatic rings. The van der Waals surface area contributed by atoms with Gasteiger partial charge in [-0.1, -0.05) is 6.07 Å². The molecule has 1 aliphatic rings. The van der Waals surface area contributed by atoms with Crippen molar-refractivity contribution >= 4 is 17.7 Å². The third kappa shape index (κ3) is 3.94. The zero-order valence-corrected chi connectivity index (χ0v) is 12.7. The molecule has 118 valence electrons. The molecule has 0 radical (unpaired) electrons. The van der Waals surface area contributed by atoms with Gasteiger partial charge in [-0.3, -0.25) is 9.78 Å². The van der Waals surface area contributed by atoms with E-state index < -0.39 is 0 Å². The van der Waals surface area contributed by atoms with Gasteiger partial charge in [-0.15, -0.1) is 0 Å². The summed E-state index contributed by atoms with van der Waals surface area (Å²) in [4.78, 5) is 20.2. The number of anilines is 1. The van der Waals surface area contributed by atoms with E-state index >= 15 is 0 Å². The summed E-state index contributed by atoms with van der Waals surface area (Å²) in [6.07, 6.45) is 6.79. The van der Waals surface area contributed by atoms with Gasteiger partial charge in [0.25, 0.3) is 0 Å². The molecule has 1 aromatic carbocycles. The van der Waals surface area contributed by atoms with Gasteiger partial charge in [-0.25, -0.2) is 4.39 Å². The van der Waals surface area contributed by atoms with Crippen molar-refractivity contribution in [3.63, 3.8) is 0 Å². The van der Waals surface area contributed by atoms with Crippen molar-refractivity contribution in [3.05, 3.63) is 66.2 Å². The Bertz CT molecular complexity index is 677. The number of halogens is 1. The molecule has 5 heteroatoms. The van der Waals surface area contributed by atoms with Gasteiger partial charge in [0.2, 0.25) is 5.91 Å². The fourth-order valence-corrected chi connectivity index (χ4v) is 2.58. The minimum Gasteiger partial charge on any atom is -0.368 e. The largest absolute Gasteiger partial charge is 0.368 e. The molecule has 1 aromatic heterocycles. The third-order valence-electron chi connectivity index (χ3n) is 3.89. The average molecular weight is 311 g/mol. The lowest BCUT2D eigenvalue weighted by atomic mass is 10.2. The van der Waals surface area contributed by atoms with E-state index in [2.05, 4.69) is 9.88 Å². The average Bonchev–Trinajstić information content (AvgIpc) is 2.61. The smallest absolute Gasteiger partial charge is 0.246 e. The van der Waals surface area contributed by atoms with Crippen LogP contribution in [0.1, 0.15) is 5.56 Å². The lowest BCUT2D eigenvalue weighted by Gasteiger charge is -2.35. The third-order valence-corrected chi connectivity index (χ3v) is 3.89. The van der Waals surface area contributed by atoms with Gasteiger partial charge in [0.15, 0.2) is 0 Å². The summed E-state index contributed by atoms with van der Waals surface area (Å²) >= 11 is 0. The van der Waals surface area contributed by atoms with Crippen molar-refractivity contribution in [2.24, 2.45) is 0 Å². The van der Waals surface area contributed by atoms with Gasteiger partial charge in [0.1, 0.15) is 5.82 Å². The first kappa shape index (κ1) is 15.2. The van der Waals surface area contributed by atoms with Gasteiger partial charge in [-0.2, -0.15) is 0 Å². The van der Waals surface area contributed by atoms with Crippen LogP contribution in [0.25, 0.3) is 6.08 Å². The molecule has 0 atom stereocenters. The number of nitrogens with zero attached hydrogens (tertiary/aromatic N) is 3. The highest BCUT2D eigenvalue weighted by molar-refractivity contribution is 5.91. The Labute approximate surface area is 134 Å². The number of amides is 1. The second-order valence-corrected chi connectivity index (χ2v) is 5.41. The number of carbonyl (C=O) groups is 1. The van der Waals surface area contributed by atoms with E-state index in [-0.39, 0.29) is 11.7 Å². The van der Waals surface area contributed by atoms with Gasteiger partial charge >= 0.3 is 0 Å². The number of carbonyl (C=O) groups excluding carboxylic acids is 1. The lowest BCUT2D eigenvalue weighted by molar-refractivity contribution is -0.126. The highest BCUT2D eigenvalue weighted by atomic mass is 19.1. The maximum atomic E-state index is 13.0. The number of hydrogen-bond donors (Lipinski definition) is 0. The Kier molecular flexibility index (Phi) is 4.66. The molecular weight excluding hydrogens is 293 g/mol. The Hall–Kier alpha value is -2.69. The van der Waals surface area contributed by atoms with Crippen molar-refractivity contribution in [2.45, 2.75) is 0 Å². The van der Waals surface area contributed by atoms with Crippen LogP contribution in [0.3, 0.4) is 0 Å². The molecule has 0 aliphatic carbocycles. The van der Waals surface area contributed by atoms with Crippen molar-refractivity contribution in [2.75, 3.05) is 31.1 Å². The molecule has 3 rings (SSSR count). The van der Waals surface area contributed by atoms with Crippen LogP contribution in [-0.4, -0.2) is 42.0 Å². The molecule has 1 amide bonds. The van der Waals surface area contributed by atoms with Crippen molar-refractivity contribution in [1.82, 2.24) is 9.88 Å². The zero-order valence-electron chi connectivity index (χ0n) is 12.7. The molecule has 1 fully saturated rings. The van der Waals surface area contributed by atoms with E-state index in [1.165, 1.54) is 12.1 Å². The number of rotatable bonds is 3. The number of hydrogen-bond acceptors (Lipinski definition) is 3. The van der Waals surface area contributed by atoms with E-state index in [4.69, 9.17) is 0 Å². The van der Waals surface area contributed by atoms with Gasteiger partial charge < -0.3 is 9.80 Å². The lowest BCUT2D eigenvalue weighted by Crippen LogP contribution is -2.48. The van der Waals surface area contributed by atoms with Crippen LogP contribution < -0.4 is 4.90 Å². The van der Waals surface area contributed by atoms with Crippen molar-refractivity contribution in [1.29, 1.82) is 0 Å². The highest BCUT2D eigenvalue weighted by Crippen LogP contribution is 2.17. The molecule has 2 heterocycles. The monoisotopic (exact) mass is 311 g/mol. The SMILES string of the molecule is O=C(/C=C/c1cccnc1)N1CCN(c2ccc(F)cc2)CC1. The predicted octanol–water partition coefficient (Wildman–Crippen LogP) is 2.58. The molecule has 0 N–H and O–H groups in total. The Balaban J connectivity index is 1.55. The van der Waals surface area contributed by atoms with Crippen LogP contribution >= 0.6 is 0 Å². The molecule has 4 nitrogen and oxygen atoms in total. The van der Waals surface area contributed by atoms with E-state index in [1.54, 1.807) is 36.7 Å². The maximum Gasteiger partial charge on any atom is 0.246 e. The van der Waals surface area contributed by atoms with Crippen LogP contribution in [0.4, 0.5) is 10.1 Å². The van der Waals surface area contributed by atoms with Crippen LogP contribution in [0, 0.1) is 5.82 Å². The predicted molar refractivity (Wildman–Crippen MR) is 88.5 cm³/mol. The van der Waals surface area contributed by atoms with E-state index in [9.17, 15) is 9.18 Å². The van der Waals surface area contributed by atoms with Crippen molar-refractivity contribution in [3.8, 4) is 0 Å². The Morgan fingerprint density at radius 3 is 2.48 bits per heavy atom. The zero-order chi connectivity index (χ0) is 16.1. The van der Waals surface area contributed by atoms with E-state index in [0.717, 1.165) is 24.3 Å². The molecule has 1 saturated heterocycles. The first-order valence-electron chi connectivity index (χ1n) is 7.60. The Morgan fingerprint density at radius 2 is 1.83 bits per heavy atom. The van der Waals surface area contributed by atoms with Crippen LogP contribution in [0.15, 0.2) is 54.9 Å². The summed E-state index contributed by atoms with van der Waals surface area (Å²) in [5, 5.41) is 0.